The average molecular weight is 204 g/mol. The van der Waals surface area contributed by atoms with Crippen molar-refractivity contribution in [3.63, 3.8) is 0 Å². The van der Waals surface area contributed by atoms with Gasteiger partial charge >= 0.3 is 0 Å². The maximum atomic E-state index is 12.8. The Hall–Kier alpha value is -2.22. The van der Waals surface area contributed by atoms with E-state index in [9.17, 15) is 14.0 Å². The highest BCUT2D eigenvalue weighted by atomic mass is 19.1. The molecular weight excluding hydrogens is 199 g/mol. The Morgan fingerprint density at radius 1 is 1.40 bits per heavy atom. The number of hydrogen-bond acceptors (Lipinski definition) is 3. The number of rotatable bonds is 1. The SMILES string of the molecule is N#CCN1C(=O)C(=O)c2cc(F)ccc21. The number of nitrogens with zero attached hydrogens (tertiary/aromatic N) is 2. The molecule has 1 aliphatic heterocycles. The van der Waals surface area contributed by atoms with Gasteiger partial charge in [-0.05, 0) is 18.2 Å². The van der Waals surface area contributed by atoms with Crippen LogP contribution in [0.5, 0.6) is 0 Å². The van der Waals surface area contributed by atoms with E-state index in [1.807, 2.05) is 0 Å². The van der Waals surface area contributed by atoms with Gasteiger partial charge in [-0.1, -0.05) is 0 Å². The summed E-state index contributed by atoms with van der Waals surface area (Å²) in [5, 5.41) is 8.48. The van der Waals surface area contributed by atoms with Gasteiger partial charge in [0.2, 0.25) is 0 Å². The van der Waals surface area contributed by atoms with Crippen molar-refractivity contribution >= 4 is 17.4 Å². The summed E-state index contributed by atoms with van der Waals surface area (Å²) in [4.78, 5) is 23.8. The number of benzene rings is 1. The number of nitriles is 1. The minimum Gasteiger partial charge on any atom is -0.291 e. The fraction of sp³-hybridized carbons (Fsp3) is 0.100. The summed E-state index contributed by atoms with van der Waals surface area (Å²) in [6.45, 7) is -0.205. The van der Waals surface area contributed by atoms with E-state index in [0.717, 1.165) is 17.0 Å². The third kappa shape index (κ3) is 1.27. The van der Waals surface area contributed by atoms with Crippen molar-refractivity contribution in [3.05, 3.63) is 29.6 Å². The number of Topliss-reactive ketones (excluding diaryl/α,β-unsaturated/α-hetero) is 1. The monoisotopic (exact) mass is 204 g/mol. The fourth-order valence-corrected chi connectivity index (χ4v) is 1.50. The van der Waals surface area contributed by atoms with Crippen LogP contribution in [0.1, 0.15) is 10.4 Å². The smallest absolute Gasteiger partial charge is 0.291 e. The van der Waals surface area contributed by atoms with Gasteiger partial charge in [0, 0.05) is 0 Å². The summed E-state index contributed by atoms with van der Waals surface area (Å²) in [5.41, 5.74) is 0.322. The standard InChI is InChI=1S/C10H5FN2O2/c11-6-1-2-8-7(5-6)9(14)10(15)13(8)4-3-12/h1-2,5H,4H2. The van der Waals surface area contributed by atoms with Crippen LogP contribution in [0.2, 0.25) is 0 Å². The van der Waals surface area contributed by atoms with Crippen molar-refractivity contribution in [3.8, 4) is 6.07 Å². The number of hydrogen-bond donors (Lipinski definition) is 0. The zero-order valence-corrected chi connectivity index (χ0v) is 7.53. The number of halogens is 1. The van der Waals surface area contributed by atoms with Gasteiger partial charge in [-0.25, -0.2) is 4.39 Å². The van der Waals surface area contributed by atoms with Crippen molar-refractivity contribution in [2.45, 2.75) is 0 Å². The van der Waals surface area contributed by atoms with Crippen LogP contribution in [0.25, 0.3) is 0 Å². The van der Waals surface area contributed by atoms with Gasteiger partial charge in [0.1, 0.15) is 12.4 Å². The van der Waals surface area contributed by atoms with Crippen molar-refractivity contribution < 1.29 is 14.0 Å². The Morgan fingerprint density at radius 3 is 2.80 bits per heavy atom. The predicted molar refractivity (Wildman–Crippen MR) is 48.7 cm³/mol. The van der Waals surface area contributed by atoms with Gasteiger partial charge < -0.3 is 0 Å². The lowest BCUT2D eigenvalue weighted by molar-refractivity contribution is -0.114. The van der Waals surface area contributed by atoms with Gasteiger partial charge in [-0.2, -0.15) is 5.26 Å². The summed E-state index contributed by atoms with van der Waals surface area (Å²) < 4.78 is 12.8. The Bertz CT molecular complexity index is 505. The second-order valence-electron chi connectivity index (χ2n) is 3.04. The maximum Gasteiger partial charge on any atom is 0.300 e. The molecular formula is C10H5FN2O2. The van der Waals surface area contributed by atoms with Crippen molar-refractivity contribution in [2.75, 3.05) is 11.4 Å². The maximum absolute atomic E-state index is 12.8. The molecule has 1 heterocycles. The van der Waals surface area contributed by atoms with Crippen LogP contribution >= 0.6 is 0 Å². The highest BCUT2D eigenvalue weighted by molar-refractivity contribution is 6.52. The van der Waals surface area contributed by atoms with E-state index in [-0.39, 0.29) is 12.1 Å². The van der Waals surface area contributed by atoms with E-state index in [0.29, 0.717) is 5.69 Å². The molecule has 5 heteroatoms. The van der Waals surface area contributed by atoms with Gasteiger partial charge in [0.25, 0.3) is 11.7 Å². The highest BCUT2D eigenvalue weighted by Crippen LogP contribution is 2.28. The van der Waals surface area contributed by atoms with E-state index < -0.39 is 17.5 Å². The average Bonchev–Trinajstić information content (AvgIpc) is 2.44. The van der Waals surface area contributed by atoms with E-state index in [1.54, 1.807) is 6.07 Å². The first-order valence-electron chi connectivity index (χ1n) is 4.18. The topological polar surface area (TPSA) is 61.2 Å². The molecule has 2 rings (SSSR count). The van der Waals surface area contributed by atoms with E-state index >= 15 is 0 Å². The molecule has 1 amide bonds. The number of fused-ring (bicyclic) bond motifs is 1. The number of carbonyl (C=O) groups is 2. The molecule has 1 aromatic rings. The first-order chi connectivity index (χ1) is 7.15. The summed E-state index contributed by atoms with van der Waals surface area (Å²) in [7, 11) is 0. The third-order valence-corrected chi connectivity index (χ3v) is 2.16. The summed E-state index contributed by atoms with van der Waals surface area (Å²) in [5.74, 6) is -2.12. The Kier molecular flexibility index (Phi) is 1.97. The van der Waals surface area contributed by atoms with Crippen molar-refractivity contribution in [1.29, 1.82) is 5.26 Å². The summed E-state index contributed by atoms with van der Waals surface area (Å²) >= 11 is 0. The normalized spacial score (nSPS) is 14.0. The van der Waals surface area contributed by atoms with E-state index in [4.69, 9.17) is 5.26 Å². The second kappa shape index (κ2) is 3.17. The first kappa shape index (κ1) is 9.34. The molecule has 0 atom stereocenters. The number of ketones is 1. The lowest BCUT2D eigenvalue weighted by Gasteiger charge is -2.10. The molecule has 0 unspecified atom stereocenters. The number of carbonyl (C=O) groups excluding carboxylic acids is 2. The molecule has 74 valence electrons. The van der Waals surface area contributed by atoms with Crippen molar-refractivity contribution in [2.24, 2.45) is 0 Å². The molecule has 1 aliphatic rings. The molecule has 4 nitrogen and oxygen atoms in total. The molecule has 15 heavy (non-hydrogen) atoms. The fourth-order valence-electron chi connectivity index (χ4n) is 1.50. The Morgan fingerprint density at radius 2 is 2.13 bits per heavy atom. The number of anilines is 1. The molecule has 0 saturated heterocycles. The zero-order chi connectivity index (χ0) is 11.0. The minimum atomic E-state index is -0.780. The van der Waals surface area contributed by atoms with Gasteiger partial charge in [0.05, 0.1) is 17.3 Å². The van der Waals surface area contributed by atoms with Crippen LogP contribution in [0.15, 0.2) is 18.2 Å². The Balaban J connectivity index is 2.56. The predicted octanol–water partition coefficient (Wildman–Crippen LogP) is 0.879. The minimum absolute atomic E-state index is 0.0234. The first-order valence-corrected chi connectivity index (χ1v) is 4.18. The van der Waals surface area contributed by atoms with Gasteiger partial charge in [0.15, 0.2) is 0 Å². The lowest BCUT2D eigenvalue weighted by Crippen LogP contribution is -2.29. The molecule has 1 aromatic carbocycles. The van der Waals surface area contributed by atoms with Crippen LogP contribution in [-0.2, 0) is 4.79 Å². The molecule has 0 fully saturated rings. The third-order valence-electron chi connectivity index (χ3n) is 2.16. The molecule has 0 N–H and O–H groups in total. The van der Waals surface area contributed by atoms with E-state index in [2.05, 4.69) is 0 Å². The van der Waals surface area contributed by atoms with Gasteiger partial charge in [-0.3, -0.25) is 14.5 Å². The quantitative estimate of drug-likeness (QED) is 0.504. The van der Waals surface area contributed by atoms with Crippen LogP contribution in [-0.4, -0.2) is 18.2 Å². The second-order valence-corrected chi connectivity index (χ2v) is 3.04. The molecule has 0 radical (unpaired) electrons. The molecule has 0 saturated carbocycles. The van der Waals surface area contributed by atoms with Crippen LogP contribution in [0.3, 0.4) is 0 Å². The lowest BCUT2D eigenvalue weighted by atomic mass is 10.1. The van der Waals surface area contributed by atoms with Crippen LogP contribution in [0.4, 0.5) is 10.1 Å². The Labute approximate surface area is 84.5 Å². The molecule has 0 spiro atoms. The number of amides is 1. The van der Waals surface area contributed by atoms with Gasteiger partial charge in [-0.15, -0.1) is 0 Å². The highest BCUT2D eigenvalue weighted by Gasteiger charge is 2.35. The van der Waals surface area contributed by atoms with E-state index in [1.165, 1.54) is 6.07 Å². The van der Waals surface area contributed by atoms with Crippen LogP contribution in [0, 0.1) is 17.1 Å². The summed E-state index contributed by atoms with van der Waals surface area (Å²) in [6, 6.07) is 5.25. The van der Waals surface area contributed by atoms with Crippen molar-refractivity contribution in [1.82, 2.24) is 0 Å². The molecule has 0 aliphatic carbocycles. The summed E-state index contributed by atoms with van der Waals surface area (Å²) in [6.07, 6.45) is 0. The molecule has 0 bridgehead atoms. The zero-order valence-electron chi connectivity index (χ0n) is 7.53. The molecule has 0 aromatic heterocycles. The largest absolute Gasteiger partial charge is 0.300 e. The van der Waals surface area contributed by atoms with Crippen LogP contribution < -0.4 is 4.90 Å².